The van der Waals surface area contributed by atoms with E-state index < -0.39 is 0 Å². The van der Waals surface area contributed by atoms with Crippen LogP contribution in [-0.2, 0) is 0 Å². The topological polar surface area (TPSA) is 17.1 Å². The molecule has 0 spiro atoms. The summed E-state index contributed by atoms with van der Waals surface area (Å²) in [5.41, 5.74) is 0.578. The number of benzene rings is 1. The van der Waals surface area contributed by atoms with Crippen LogP contribution in [0.5, 0.6) is 0 Å². The molecule has 16 heavy (non-hydrogen) atoms. The molecule has 0 radical (unpaired) electrons. The van der Waals surface area contributed by atoms with Gasteiger partial charge in [0.05, 0.1) is 5.02 Å². The zero-order valence-corrected chi connectivity index (χ0v) is 11.1. The molecule has 0 bridgehead atoms. The Bertz CT molecular complexity index is 374. The van der Waals surface area contributed by atoms with Crippen molar-refractivity contribution < 1.29 is 4.79 Å². The highest BCUT2D eigenvalue weighted by Crippen LogP contribution is 2.24. The highest BCUT2D eigenvalue weighted by Gasteiger charge is 2.17. The third kappa shape index (κ3) is 3.50. The standard InChI is InChI=1S/C13H16Cl2O/c1-3-4-5-9(2)13(16)11-7-6-10(14)8-12(11)15/h6-9H,3-5H2,1-2H3. The fourth-order valence-electron chi connectivity index (χ4n) is 1.60. The van der Waals surface area contributed by atoms with Gasteiger partial charge >= 0.3 is 0 Å². The van der Waals surface area contributed by atoms with Crippen molar-refractivity contribution in [3.63, 3.8) is 0 Å². The predicted octanol–water partition coefficient (Wildman–Crippen LogP) is 5.00. The van der Waals surface area contributed by atoms with Gasteiger partial charge in [-0.2, -0.15) is 0 Å². The van der Waals surface area contributed by atoms with Crippen molar-refractivity contribution >= 4 is 29.0 Å². The largest absolute Gasteiger partial charge is 0.294 e. The number of Topliss-reactive ketones (excluding diaryl/α,β-unsaturated/α-hetero) is 1. The Morgan fingerprint density at radius 1 is 1.38 bits per heavy atom. The first-order valence-corrected chi connectivity index (χ1v) is 6.31. The lowest BCUT2D eigenvalue weighted by atomic mass is 9.94. The molecule has 0 aliphatic carbocycles. The van der Waals surface area contributed by atoms with Gasteiger partial charge in [0.2, 0.25) is 0 Å². The van der Waals surface area contributed by atoms with Crippen molar-refractivity contribution in [2.24, 2.45) is 5.92 Å². The first-order chi connectivity index (χ1) is 7.56. The summed E-state index contributed by atoms with van der Waals surface area (Å²) >= 11 is 11.8. The summed E-state index contributed by atoms with van der Waals surface area (Å²) in [7, 11) is 0. The molecule has 1 rings (SSSR count). The molecule has 1 aromatic carbocycles. The molecule has 1 unspecified atom stereocenters. The molecule has 0 amide bonds. The molecular formula is C13H16Cl2O. The van der Waals surface area contributed by atoms with Crippen LogP contribution in [0.1, 0.15) is 43.5 Å². The van der Waals surface area contributed by atoms with Gasteiger partial charge in [-0.25, -0.2) is 0 Å². The van der Waals surface area contributed by atoms with E-state index in [1.807, 2.05) is 6.92 Å². The van der Waals surface area contributed by atoms with Crippen molar-refractivity contribution in [2.75, 3.05) is 0 Å². The van der Waals surface area contributed by atoms with E-state index in [0.29, 0.717) is 15.6 Å². The number of carbonyl (C=O) groups excluding carboxylic acids is 1. The molecule has 1 aromatic rings. The van der Waals surface area contributed by atoms with Gasteiger partial charge < -0.3 is 0 Å². The van der Waals surface area contributed by atoms with E-state index in [9.17, 15) is 4.79 Å². The van der Waals surface area contributed by atoms with E-state index >= 15 is 0 Å². The number of rotatable bonds is 5. The molecule has 0 aliphatic rings. The van der Waals surface area contributed by atoms with E-state index in [4.69, 9.17) is 23.2 Å². The average Bonchev–Trinajstić information content (AvgIpc) is 2.25. The van der Waals surface area contributed by atoms with Crippen molar-refractivity contribution in [3.05, 3.63) is 33.8 Å². The smallest absolute Gasteiger partial charge is 0.167 e. The second kappa shape index (κ2) is 6.27. The van der Waals surface area contributed by atoms with Gasteiger partial charge in [0, 0.05) is 16.5 Å². The minimum atomic E-state index is 0.0265. The molecular weight excluding hydrogens is 243 g/mol. The molecule has 0 saturated carbocycles. The fraction of sp³-hybridized carbons (Fsp3) is 0.462. The van der Waals surface area contributed by atoms with Gasteiger partial charge in [-0.05, 0) is 24.6 Å². The quantitative estimate of drug-likeness (QED) is 0.680. The number of carbonyl (C=O) groups is 1. The van der Waals surface area contributed by atoms with Crippen LogP contribution in [0.15, 0.2) is 18.2 Å². The molecule has 1 nitrogen and oxygen atoms in total. The monoisotopic (exact) mass is 258 g/mol. The van der Waals surface area contributed by atoms with Gasteiger partial charge in [0.25, 0.3) is 0 Å². The van der Waals surface area contributed by atoms with Gasteiger partial charge in [0.15, 0.2) is 5.78 Å². The van der Waals surface area contributed by atoms with Crippen LogP contribution in [0.25, 0.3) is 0 Å². The summed E-state index contributed by atoms with van der Waals surface area (Å²) in [6.45, 7) is 4.06. The van der Waals surface area contributed by atoms with Crippen molar-refractivity contribution in [2.45, 2.75) is 33.1 Å². The molecule has 0 aromatic heterocycles. The number of halogens is 2. The lowest BCUT2D eigenvalue weighted by molar-refractivity contribution is 0.0923. The summed E-state index contributed by atoms with van der Waals surface area (Å²) in [5.74, 6) is 0.133. The number of hydrogen-bond acceptors (Lipinski definition) is 1. The third-order valence-corrected chi connectivity index (χ3v) is 3.18. The average molecular weight is 259 g/mol. The van der Waals surface area contributed by atoms with Crippen LogP contribution >= 0.6 is 23.2 Å². The maximum Gasteiger partial charge on any atom is 0.167 e. The van der Waals surface area contributed by atoms with Crippen LogP contribution in [0.2, 0.25) is 10.0 Å². The maximum absolute atomic E-state index is 12.1. The molecule has 0 saturated heterocycles. The molecule has 3 heteroatoms. The Morgan fingerprint density at radius 2 is 2.06 bits per heavy atom. The van der Waals surface area contributed by atoms with Gasteiger partial charge in [-0.3, -0.25) is 4.79 Å². The SMILES string of the molecule is CCCCC(C)C(=O)c1ccc(Cl)cc1Cl. The van der Waals surface area contributed by atoms with E-state index in [1.165, 1.54) is 0 Å². The van der Waals surface area contributed by atoms with E-state index in [0.717, 1.165) is 19.3 Å². The zero-order chi connectivity index (χ0) is 12.1. The molecule has 0 aliphatic heterocycles. The van der Waals surface area contributed by atoms with Crippen LogP contribution in [0.3, 0.4) is 0 Å². The Labute approximate surface area is 107 Å². The minimum absolute atomic E-state index is 0.0265. The zero-order valence-electron chi connectivity index (χ0n) is 9.59. The number of hydrogen-bond donors (Lipinski definition) is 0. The van der Waals surface area contributed by atoms with E-state index in [-0.39, 0.29) is 11.7 Å². The molecule has 88 valence electrons. The molecule has 1 atom stereocenters. The van der Waals surface area contributed by atoms with Crippen LogP contribution in [0.4, 0.5) is 0 Å². The van der Waals surface area contributed by atoms with Crippen molar-refractivity contribution in [3.8, 4) is 0 Å². The molecule has 0 N–H and O–H groups in total. The highest BCUT2D eigenvalue weighted by atomic mass is 35.5. The van der Waals surface area contributed by atoms with Gasteiger partial charge in [-0.1, -0.05) is 49.9 Å². The first kappa shape index (κ1) is 13.5. The van der Waals surface area contributed by atoms with Crippen molar-refractivity contribution in [1.29, 1.82) is 0 Å². The highest BCUT2D eigenvalue weighted by molar-refractivity contribution is 6.36. The molecule has 0 fully saturated rings. The van der Waals surface area contributed by atoms with Gasteiger partial charge in [0.1, 0.15) is 0 Å². The van der Waals surface area contributed by atoms with E-state index in [2.05, 4.69) is 6.92 Å². The Hall–Kier alpha value is -0.530. The Balaban J connectivity index is 2.79. The first-order valence-electron chi connectivity index (χ1n) is 5.55. The summed E-state index contributed by atoms with van der Waals surface area (Å²) in [6, 6.07) is 5.02. The number of unbranched alkanes of at least 4 members (excludes halogenated alkanes) is 1. The van der Waals surface area contributed by atoms with Crippen LogP contribution < -0.4 is 0 Å². The summed E-state index contributed by atoms with van der Waals surface area (Å²) < 4.78 is 0. The normalized spacial score (nSPS) is 12.5. The lowest BCUT2D eigenvalue weighted by Gasteiger charge is -2.11. The predicted molar refractivity (Wildman–Crippen MR) is 69.5 cm³/mol. The summed E-state index contributed by atoms with van der Waals surface area (Å²) in [5, 5.41) is 1.00. The summed E-state index contributed by atoms with van der Waals surface area (Å²) in [6.07, 6.45) is 3.08. The second-order valence-electron chi connectivity index (χ2n) is 4.03. The van der Waals surface area contributed by atoms with Crippen LogP contribution in [-0.4, -0.2) is 5.78 Å². The van der Waals surface area contributed by atoms with Crippen molar-refractivity contribution in [1.82, 2.24) is 0 Å². The van der Waals surface area contributed by atoms with Gasteiger partial charge in [-0.15, -0.1) is 0 Å². The Morgan fingerprint density at radius 3 is 2.62 bits per heavy atom. The number of ketones is 1. The Kier molecular flexibility index (Phi) is 5.30. The lowest BCUT2D eigenvalue weighted by Crippen LogP contribution is -2.11. The minimum Gasteiger partial charge on any atom is -0.294 e. The maximum atomic E-state index is 12.1. The van der Waals surface area contributed by atoms with Crippen LogP contribution in [0, 0.1) is 5.92 Å². The third-order valence-electron chi connectivity index (χ3n) is 2.63. The summed E-state index contributed by atoms with van der Waals surface area (Å²) in [4.78, 5) is 12.1. The fourth-order valence-corrected chi connectivity index (χ4v) is 2.10. The second-order valence-corrected chi connectivity index (χ2v) is 4.88. The molecule has 0 heterocycles. The van der Waals surface area contributed by atoms with E-state index in [1.54, 1.807) is 18.2 Å².